The molecule has 28 heavy (non-hydrogen) atoms. The lowest BCUT2D eigenvalue weighted by Crippen LogP contribution is -2.69. The van der Waals surface area contributed by atoms with Crippen LogP contribution in [0.4, 0.5) is 0 Å². The van der Waals surface area contributed by atoms with Gasteiger partial charge in [-0.25, -0.2) is 0 Å². The van der Waals surface area contributed by atoms with E-state index in [4.69, 9.17) is 4.74 Å². The van der Waals surface area contributed by atoms with Gasteiger partial charge in [0, 0.05) is 6.07 Å². The smallest absolute Gasteiger partial charge is 0.126 e. The molecule has 1 rings (SSSR count). The average Bonchev–Trinajstić information content (AvgIpc) is 2.54. The van der Waals surface area contributed by atoms with Gasteiger partial charge in [-0.3, -0.25) is 0 Å². The lowest BCUT2D eigenvalue weighted by atomic mass is 10.3. The van der Waals surface area contributed by atoms with Crippen LogP contribution in [0.25, 0.3) is 0 Å². The summed E-state index contributed by atoms with van der Waals surface area (Å²) in [4.78, 5) is 0. The Balaban J connectivity index is 4.15. The zero-order valence-electron chi connectivity index (χ0n) is 21.0. The largest absolute Gasteiger partial charge is 0.496 e. The van der Waals surface area contributed by atoms with Crippen LogP contribution in [0.1, 0.15) is 83.1 Å². The normalized spacial score (nSPS) is 13.7. The molecular weight excluding hydrogens is 372 g/mol. The van der Waals surface area contributed by atoms with E-state index >= 15 is 0 Å². The summed E-state index contributed by atoms with van der Waals surface area (Å²) >= 11 is 0. The predicted octanol–water partition coefficient (Wildman–Crippen LogP) is 7.27. The van der Waals surface area contributed by atoms with Gasteiger partial charge >= 0.3 is 0 Å². The molecule has 0 heterocycles. The highest BCUT2D eigenvalue weighted by Crippen LogP contribution is 2.45. The second-order valence-electron chi connectivity index (χ2n) is 10.6. The number of benzene rings is 1. The van der Waals surface area contributed by atoms with Crippen molar-refractivity contribution >= 4 is 26.5 Å². The second kappa shape index (κ2) is 9.51. The van der Waals surface area contributed by atoms with E-state index in [2.05, 4.69) is 101 Å². The topological polar surface area (TPSA) is 9.23 Å². The Morgan fingerprint density at radius 1 is 0.607 bits per heavy atom. The third-order valence-electron chi connectivity index (χ3n) is 7.81. The highest BCUT2D eigenvalue weighted by Gasteiger charge is 2.52. The number of hydrogen-bond donors (Lipinski definition) is 0. The van der Waals surface area contributed by atoms with E-state index < -0.39 is 16.1 Å². The Morgan fingerprint density at radius 3 is 1.21 bits per heavy atom. The van der Waals surface area contributed by atoms with E-state index in [9.17, 15) is 0 Å². The Morgan fingerprint density at radius 2 is 0.929 bits per heavy atom. The maximum atomic E-state index is 5.72. The summed E-state index contributed by atoms with van der Waals surface area (Å²) in [7, 11) is -1.80. The van der Waals surface area contributed by atoms with Crippen molar-refractivity contribution in [2.45, 2.75) is 116 Å². The van der Waals surface area contributed by atoms with Gasteiger partial charge < -0.3 is 4.74 Å². The van der Waals surface area contributed by atoms with E-state index in [1.165, 1.54) is 0 Å². The third-order valence-corrected chi connectivity index (χ3v) is 22.2. The van der Waals surface area contributed by atoms with Gasteiger partial charge in [-0.2, -0.15) is 0 Å². The van der Waals surface area contributed by atoms with Gasteiger partial charge in [-0.1, -0.05) is 99.5 Å². The second-order valence-corrected chi connectivity index (χ2v) is 22.4. The zero-order chi connectivity index (χ0) is 22.0. The Kier molecular flexibility index (Phi) is 8.66. The summed E-state index contributed by atoms with van der Waals surface area (Å²) in [6.07, 6.45) is 0. The molecule has 161 valence electrons. The minimum absolute atomic E-state index is 0.691. The summed E-state index contributed by atoms with van der Waals surface area (Å²) in [6, 6.07) is 8.30. The van der Waals surface area contributed by atoms with E-state index in [0.717, 1.165) is 5.75 Å². The molecule has 0 amide bonds. The lowest BCUT2D eigenvalue weighted by molar-refractivity contribution is 0.414. The summed E-state index contributed by atoms with van der Waals surface area (Å²) < 4.78 is 5.72. The molecule has 1 nitrogen and oxygen atoms in total. The maximum absolute atomic E-state index is 5.72. The van der Waals surface area contributed by atoms with Crippen molar-refractivity contribution in [3.63, 3.8) is 0 Å². The molecular formula is C25H47OSi2. The molecule has 0 aliphatic heterocycles. The van der Waals surface area contributed by atoms with Crippen LogP contribution < -0.4 is 15.1 Å². The predicted molar refractivity (Wildman–Crippen MR) is 133 cm³/mol. The van der Waals surface area contributed by atoms with Crippen LogP contribution in [-0.2, 0) is 0 Å². The summed E-state index contributed by atoms with van der Waals surface area (Å²) in [6.45, 7) is 29.7. The highest BCUT2D eigenvalue weighted by atomic mass is 28.3. The third kappa shape index (κ3) is 3.90. The minimum atomic E-state index is -1.81. The van der Waals surface area contributed by atoms with Gasteiger partial charge in [0.2, 0.25) is 0 Å². The van der Waals surface area contributed by atoms with Gasteiger partial charge in [0.05, 0.1) is 23.3 Å². The van der Waals surface area contributed by atoms with Gasteiger partial charge in [-0.05, 0) is 39.3 Å². The minimum Gasteiger partial charge on any atom is -0.496 e. The lowest BCUT2D eigenvalue weighted by Gasteiger charge is -2.50. The fraction of sp³-hybridized carbons (Fsp3) is 0.760. The summed E-state index contributed by atoms with van der Waals surface area (Å²) in [5.41, 5.74) is 4.17. The van der Waals surface area contributed by atoms with Crippen LogP contribution in [0.3, 0.4) is 0 Å². The van der Waals surface area contributed by atoms with Crippen molar-refractivity contribution in [2.75, 3.05) is 7.11 Å². The van der Waals surface area contributed by atoms with Crippen LogP contribution in [0, 0.1) is 6.07 Å². The first-order valence-corrected chi connectivity index (χ1v) is 15.9. The summed E-state index contributed by atoms with van der Waals surface area (Å²) in [5.74, 6) is 0.914. The van der Waals surface area contributed by atoms with Gasteiger partial charge in [0.1, 0.15) is 5.75 Å². The van der Waals surface area contributed by atoms with Crippen molar-refractivity contribution in [3.05, 3.63) is 18.2 Å². The monoisotopic (exact) mass is 419 g/mol. The van der Waals surface area contributed by atoms with Crippen molar-refractivity contribution in [1.29, 1.82) is 0 Å². The van der Waals surface area contributed by atoms with Crippen molar-refractivity contribution in [2.24, 2.45) is 0 Å². The quantitative estimate of drug-likeness (QED) is 0.382. The van der Waals surface area contributed by atoms with E-state index in [1.807, 2.05) is 0 Å². The van der Waals surface area contributed by atoms with Gasteiger partial charge in [0.15, 0.2) is 0 Å². The highest BCUT2D eigenvalue weighted by molar-refractivity contribution is 7.04. The molecule has 1 aromatic carbocycles. The molecule has 0 N–H and O–H groups in total. The van der Waals surface area contributed by atoms with Crippen LogP contribution in [0.5, 0.6) is 5.75 Å². The number of hydrogen-bond acceptors (Lipinski definition) is 1. The fourth-order valence-electron chi connectivity index (χ4n) is 7.17. The standard InChI is InChI=1S/C25H47OSi2/c1-17(2)27(18(3)4,19(5)6)24-15-14-23(26-13)16-25(24)28(20(7)8,21(9)10)22(11)12/h15-22H,1-13H3. The molecule has 0 aromatic heterocycles. The Labute approximate surface area is 178 Å². The first kappa shape index (κ1) is 25.5. The van der Waals surface area contributed by atoms with E-state index in [0.29, 0.717) is 33.2 Å². The molecule has 1 aromatic rings. The number of rotatable bonds is 9. The first-order chi connectivity index (χ1) is 12.8. The van der Waals surface area contributed by atoms with Crippen LogP contribution in [-0.4, -0.2) is 23.3 Å². The van der Waals surface area contributed by atoms with Crippen molar-refractivity contribution in [1.82, 2.24) is 0 Å². The van der Waals surface area contributed by atoms with Gasteiger partial charge in [-0.15, -0.1) is 0 Å². The zero-order valence-corrected chi connectivity index (χ0v) is 23.0. The van der Waals surface area contributed by atoms with Crippen LogP contribution >= 0.6 is 0 Å². The Bertz CT molecular complexity index is 586. The molecule has 0 atom stereocenters. The molecule has 0 saturated heterocycles. The van der Waals surface area contributed by atoms with E-state index in [1.54, 1.807) is 17.5 Å². The Hall–Kier alpha value is -0.546. The molecule has 0 aliphatic carbocycles. The molecule has 0 saturated carbocycles. The summed E-state index contributed by atoms with van der Waals surface area (Å²) in [5, 5.41) is 3.38. The number of ether oxygens (including phenoxy) is 1. The van der Waals surface area contributed by atoms with Gasteiger partial charge in [0.25, 0.3) is 0 Å². The van der Waals surface area contributed by atoms with Crippen molar-refractivity contribution in [3.8, 4) is 5.75 Å². The molecule has 0 bridgehead atoms. The van der Waals surface area contributed by atoms with Crippen LogP contribution in [0.15, 0.2) is 12.1 Å². The molecule has 3 heteroatoms. The maximum Gasteiger partial charge on any atom is 0.126 e. The van der Waals surface area contributed by atoms with Crippen molar-refractivity contribution < 1.29 is 4.74 Å². The molecule has 0 unspecified atom stereocenters. The molecule has 0 fully saturated rings. The molecule has 0 spiro atoms. The fourth-order valence-corrected chi connectivity index (χ4v) is 22.0. The van der Waals surface area contributed by atoms with Crippen LogP contribution in [0.2, 0.25) is 33.2 Å². The molecule has 0 aliphatic rings. The first-order valence-electron chi connectivity index (χ1n) is 11.4. The number of methoxy groups -OCH3 is 1. The SMILES string of the molecule is COc1[c]cc([Si](C(C)C)(C(C)C)C(C)C)c([Si](C(C)C)(C(C)C)C(C)C)c1. The average molecular weight is 420 g/mol. The van der Waals surface area contributed by atoms with E-state index in [-0.39, 0.29) is 0 Å². The molecule has 1 radical (unpaired) electrons.